The number of benzene rings is 1. The highest BCUT2D eigenvalue weighted by Gasteiger charge is 2.33. The van der Waals surface area contributed by atoms with Crippen molar-refractivity contribution in [2.45, 2.75) is 11.0 Å². The molecule has 0 bridgehead atoms. The van der Waals surface area contributed by atoms with Gasteiger partial charge in [-0.2, -0.15) is 0 Å². The standard InChI is InChI=1S/C8H7BrO3S/c9-5-1-2-8-6(3-5)7(10)4-13(8,11)12/h1-3,7,10H,4H2/t7-/m0/s1. The minimum Gasteiger partial charge on any atom is -0.387 e. The zero-order valence-electron chi connectivity index (χ0n) is 6.57. The van der Waals surface area contributed by atoms with E-state index in [1.807, 2.05) is 0 Å². The SMILES string of the molecule is O=S1(=O)C[C@H](O)c2cc(Br)ccc21. The van der Waals surface area contributed by atoms with Gasteiger partial charge in [-0.15, -0.1) is 0 Å². The maximum absolute atomic E-state index is 11.4. The summed E-state index contributed by atoms with van der Waals surface area (Å²) in [5.74, 6) is -0.196. The van der Waals surface area contributed by atoms with Gasteiger partial charge >= 0.3 is 0 Å². The first kappa shape index (κ1) is 9.18. The van der Waals surface area contributed by atoms with Crippen molar-refractivity contribution in [2.24, 2.45) is 0 Å². The molecule has 0 saturated carbocycles. The minimum absolute atomic E-state index is 0.196. The predicted octanol–water partition coefficient (Wildman–Crippen LogP) is 1.27. The number of halogens is 1. The van der Waals surface area contributed by atoms with Crippen molar-refractivity contribution in [3.8, 4) is 0 Å². The molecule has 1 aliphatic heterocycles. The van der Waals surface area contributed by atoms with Gasteiger partial charge in [-0.25, -0.2) is 8.42 Å². The van der Waals surface area contributed by atoms with Crippen molar-refractivity contribution in [3.05, 3.63) is 28.2 Å². The van der Waals surface area contributed by atoms with Crippen LogP contribution in [0, 0.1) is 0 Å². The molecule has 0 amide bonds. The fourth-order valence-electron chi connectivity index (χ4n) is 1.45. The molecule has 70 valence electrons. The third-order valence-electron chi connectivity index (χ3n) is 2.04. The van der Waals surface area contributed by atoms with E-state index in [0.717, 1.165) is 4.47 Å². The molecule has 0 unspecified atom stereocenters. The lowest BCUT2D eigenvalue weighted by atomic mass is 10.1. The molecule has 0 aromatic heterocycles. The molecule has 1 atom stereocenters. The lowest BCUT2D eigenvalue weighted by Crippen LogP contribution is -2.01. The molecule has 1 heterocycles. The Morgan fingerprint density at radius 3 is 2.85 bits per heavy atom. The van der Waals surface area contributed by atoms with Crippen molar-refractivity contribution in [1.29, 1.82) is 0 Å². The number of rotatable bonds is 0. The van der Waals surface area contributed by atoms with Crippen LogP contribution in [-0.4, -0.2) is 19.3 Å². The van der Waals surface area contributed by atoms with Gasteiger partial charge in [0.05, 0.1) is 16.8 Å². The van der Waals surface area contributed by atoms with E-state index in [4.69, 9.17) is 0 Å². The quantitative estimate of drug-likeness (QED) is 0.766. The fraction of sp³-hybridized carbons (Fsp3) is 0.250. The molecule has 1 aliphatic rings. The second kappa shape index (κ2) is 2.80. The summed E-state index contributed by atoms with van der Waals surface area (Å²) < 4.78 is 23.6. The number of fused-ring (bicyclic) bond motifs is 1. The van der Waals surface area contributed by atoms with Gasteiger partial charge in [0, 0.05) is 10.0 Å². The molecular formula is C8H7BrO3S. The topological polar surface area (TPSA) is 54.4 Å². The summed E-state index contributed by atoms with van der Waals surface area (Å²) in [5, 5.41) is 9.44. The highest BCUT2D eigenvalue weighted by Crippen LogP contribution is 2.34. The van der Waals surface area contributed by atoms with E-state index in [9.17, 15) is 13.5 Å². The third kappa shape index (κ3) is 1.41. The van der Waals surface area contributed by atoms with Crippen LogP contribution in [0.5, 0.6) is 0 Å². The smallest absolute Gasteiger partial charge is 0.181 e. The Labute approximate surface area is 84.4 Å². The molecule has 2 rings (SSSR count). The molecule has 1 aromatic rings. The van der Waals surface area contributed by atoms with Crippen LogP contribution in [0.4, 0.5) is 0 Å². The van der Waals surface area contributed by atoms with Gasteiger partial charge in [-0.05, 0) is 18.2 Å². The monoisotopic (exact) mass is 262 g/mol. The molecule has 0 saturated heterocycles. The maximum Gasteiger partial charge on any atom is 0.181 e. The van der Waals surface area contributed by atoms with Crippen LogP contribution in [0.15, 0.2) is 27.6 Å². The minimum atomic E-state index is -3.24. The molecule has 0 spiro atoms. The number of sulfone groups is 1. The Morgan fingerprint density at radius 1 is 1.46 bits per heavy atom. The van der Waals surface area contributed by atoms with Crippen LogP contribution in [0.3, 0.4) is 0 Å². The summed E-state index contributed by atoms with van der Waals surface area (Å²) in [7, 11) is -3.24. The highest BCUT2D eigenvalue weighted by molar-refractivity contribution is 9.10. The maximum atomic E-state index is 11.4. The summed E-state index contributed by atoms with van der Waals surface area (Å²) in [6.07, 6.45) is -0.877. The van der Waals surface area contributed by atoms with Crippen molar-refractivity contribution >= 4 is 25.8 Å². The Balaban J connectivity index is 2.73. The van der Waals surface area contributed by atoms with Crippen molar-refractivity contribution in [1.82, 2.24) is 0 Å². The van der Waals surface area contributed by atoms with E-state index in [-0.39, 0.29) is 10.6 Å². The molecule has 3 nitrogen and oxygen atoms in total. The van der Waals surface area contributed by atoms with E-state index in [0.29, 0.717) is 5.56 Å². The lowest BCUT2D eigenvalue weighted by molar-refractivity contribution is 0.204. The van der Waals surface area contributed by atoms with Gasteiger partial charge in [-0.3, -0.25) is 0 Å². The predicted molar refractivity (Wildman–Crippen MR) is 51.2 cm³/mol. The summed E-state index contributed by atoms with van der Waals surface area (Å²) in [5.41, 5.74) is 0.495. The van der Waals surface area contributed by atoms with Gasteiger partial charge in [-0.1, -0.05) is 15.9 Å². The van der Waals surface area contributed by atoms with Crippen molar-refractivity contribution < 1.29 is 13.5 Å². The molecule has 13 heavy (non-hydrogen) atoms. The van der Waals surface area contributed by atoms with Gasteiger partial charge in [0.2, 0.25) is 0 Å². The zero-order valence-corrected chi connectivity index (χ0v) is 8.97. The third-order valence-corrected chi connectivity index (χ3v) is 4.33. The van der Waals surface area contributed by atoms with Crippen LogP contribution in [0.25, 0.3) is 0 Å². The molecular weight excluding hydrogens is 256 g/mol. The van der Waals surface area contributed by atoms with Crippen LogP contribution >= 0.6 is 15.9 Å². The number of aliphatic hydroxyl groups excluding tert-OH is 1. The van der Waals surface area contributed by atoms with Crippen molar-refractivity contribution in [3.63, 3.8) is 0 Å². The Bertz CT molecular complexity index is 452. The second-order valence-corrected chi connectivity index (χ2v) is 5.90. The molecule has 0 radical (unpaired) electrons. The van der Waals surface area contributed by atoms with E-state index >= 15 is 0 Å². The first-order chi connectivity index (χ1) is 6.00. The molecule has 0 aliphatic carbocycles. The Morgan fingerprint density at radius 2 is 2.15 bits per heavy atom. The lowest BCUT2D eigenvalue weighted by Gasteiger charge is -2.00. The summed E-state index contributed by atoms with van der Waals surface area (Å²) in [6.45, 7) is 0. The number of hydrogen-bond donors (Lipinski definition) is 1. The average Bonchev–Trinajstić information content (AvgIpc) is 2.22. The summed E-state index contributed by atoms with van der Waals surface area (Å²) >= 11 is 3.22. The largest absolute Gasteiger partial charge is 0.387 e. The number of hydrogen-bond acceptors (Lipinski definition) is 3. The van der Waals surface area contributed by atoms with Gasteiger partial charge < -0.3 is 5.11 Å². The van der Waals surface area contributed by atoms with E-state index < -0.39 is 15.9 Å². The molecule has 1 aromatic carbocycles. The Kier molecular flexibility index (Phi) is 1.98. The zero-order chi connectivity index (χ0) is 9.64. The number of aliphatic hydroxyl groups is 1. The average molecular weight is 263 g/mol. The van der Waals surface area contributed by atoms with Crippen LogP contribution in [0.2, 0.25) is 0 Å². The van der Waals surface area contributed by atoms with E-state index in [1.54, 1.807) is 12.1 Å². The first-order valence-electron chi connectivity index (χ1n) is 3.71. The first-order valence-corrected chi connectivity index (χ1v) is 6.15. The van der Waals surface area contributed by atoms with E-state index in [2.05, 4.69) is 15.9 Å². The summed E-state index contributed by atoms with van der Waals surface area (Å²) in [6, 6.07) is 4.82. The van der Waals surface area contributed by atoms with Crippen LogP contribution in [0.1, 0.15) is 11.7 Å². The van der Waals surface area contributed by atoms with Gasteiger partial charge in [0.25, 0.3) is 0 Å². The molecule has 0 fully saturated rings. The fourth-order valence-corrected chi connectivity index (χ4v) is 3.43. The second-order valence-electron chi connectivity index (χ2n) is 2.98. The van der Waals surface area contributed by atoms with Gasteiger partial charge in [0.15, 0.2) is 9.84 Å². The summed E-state index contributed by atoms with van der Waals surface area (Å²) in [4.78, 5) is 0.253. The Hall–Kier alpha value is -0.390. The normalized spacial score (nSPS) is 24.3. The van der Waals surface area contributed by atoms with Crippen molar-refractivity contribution in [2.75, 3.05) is 5.75 Å². The highest BCUT2D eigenvalue weighted by atomic mass is 79.9. The van der Waals surface area contributed by atoms with Gasteiger partial charge in [0.1, 0.15) is 0 Å². The van der Waals surface area contributed by atoms with E-state index in [1.165, 1.54) is 6.07 Å². The van der Waals surface area contributed by atoms with Crippen LogP contribution < -0.4 is 0 Å². The van der Waals surface area contributed by atoms with Crippen LogP contribution in [-0.2, 0) is 9.84 Å². The molecule has 1 N–H and O–H groups in total. The molecule has 5 heteroatoms.